The molecule has 0 atom stereocenters. The summed E-state index contributed by atoms with van der Waals surface area (Å²) in [5.74, 6) is -1.53. The Morgan fingerprint density at radius 2 is 2.24 bits per heavy atom. The van der Waals surface area contributed by atoms with Crippen LogP contribution < -0.4 is 5.32 Å². The molecule has 0 aliphatic carbocycles. The number of hydrogen-bond donors (Lipinski definition) is 2. The SMILES string of the molecule is O=C(O)c1csc(C(=O)NCc2cscn2)n1. The zero-order chi connectivity index (χ0) is 12.3. The molecule has 0 fully saturated rings. The first kappa shape index (κ1) is 11.7. The van der Waals surface area contributed by atoms with E-state index in [1.54, 1.807) is 5.51 Å². The molecule has 2 heterocycles. The fourth-order valence-electron chi connectivity index (χ4n) is 1.05. The standard InChI is InChI=1S/C9H7N3O3S2/c13-7(10-1-5-2-16-4-11-5)8-12-6(3-17-8)9(14)15/h2-4H,1H2,(H,10,13)(H,14,15). The normalized spacial score (nSPS) is 10.1. The third-order valence-corrected chi connectivity index (χ3v) is 3.31. The topological polar surface area (TPSA) is 92.2 Å². The Morgan fingerprint density at radius 3 is 2.82 bits per heavy atom. The monoisotopic (exact) mass is 269 g/mol. The van der Waals surface area contributed by atoms with Crippen LogP contribution in [0.1, 0.15) is 26.0 Å². The van der Waals surface area contributed by atoms with Crippen LogP contribution in [0.25, 0.3) is 0 Å². The molecule has 0 saturated carbocycles. The third-order valence-electron chi connectivity index (χ3n) is 1.83. The van der Waals surface area contributed by atoms with Gasteiger partial charge in [-0.05, 0) is 0 Å². The summed E-state index contributed by atoms with van der Waals surface area (Å²) in [5, 5.41) is 14.6. The van der Waals surface area contributed by atoms with Gasteiger partial charge in [0.05, 0.1) is 17.7 Å². The summed E-state index contributed by atoms with van der Waals surface area (Å²) in [6.07, 6.45) is 0. The van der Waals surface area contributed by atoms with Gasteiger partial charge in [-0.15, -0.1) is 22.7 Å². The molecule has 17 heavy (non-hydrogen) atoms. The Hall–Kier alpha value is -1.80. The highest BCUT2D eigenvalue weighted by Crippen LogP contribution is 2.10. The number of nitrogens with one attached hydrogen (secondary N) is 1. The lowest BCUT2D eigenvalue weighted by molar-refractivity contribution is 0.0691. The average Bonchev–Trinajstić information content (AvgIpc) is 2.96. The molecule has 6 nitrogen and oxygen atoms in total. The van der Waals surface area contributed by atoms with Gasteiger partial charge in [-0.25, -0.2) is 14.8 Å². The van der Waals surface area contributed by atoms with Crippen LogP contribution in [0, 0.1) is 0 Å². The first-order valence-corrected chi connectivity index (χ1v) is 6.33. The molecule has 0 radical (unpaired) electrons. The Labute approximate surface area is 104 Å². The fraction of sp³-hybridized carbons (Fsp3) is 0.111. The van der Waals surface area contributed by atoms with Gasteiger partial charge >= 0.3 is 5.97 Å². The molecule has 2 aromatic heterocycles. The molecule has 88 valence electrons. The predicted octanol–water partition coefficient (Wildman–Crippen LogP) is 1.23. The van der Waals surface area contributed by atoms with Crippen molar-refractivity contribution in [2.24, 2.45) is 0 Å². The Kier molecular flexibility index (Phi) is 3.45. The number of thiazole rings is 2. The van der Waals surface area contributed by atoms with Gasteiger partial charge in [-0.3, -0.25) is 4.79 Å². The van der Waals surface area contributed by atoms with Crippen molar-refractivity contribution in [3.8, 4) is 0 Å². The summed E-state index contributed by atoms with van der Waals surface area (Å²) in [7, 11) is 0. The van der Waals surface area contributed by atoms with Gasteiger partial charge in [0.15, 0.2) is 10.7 Å². The van der Waals surface area contributed by atoms with Gasteiger partial charge in [-0.1, -0.05) is 0 Å². The van der Waals surface area contributed by atoms with E-state index >= 15 is 0 Å². The number of carbonyl (C=O) groups excluding carboxylic acids is 1. The van der Waals surface area contributed by atoms with Crippen molar-refractivity contribution < 1.29 is 14.7 Å². The number of aromatic carboxylic acids is 1. The maximum absolute atomic E-state index is 11.6. The van der Waals surface area contributed by atoms with Crippen molar-refractivity contribution in [3.05, 3.63) is 32.7 Å². The third kappa shape index (κ3) is 2.86. The van der Waals surface area contributed by atoms with Crippen LogP contribution in [0.5, 0.6) is 0 Å². The summed E-state index contributed by atoms with van der Waals surface area (Å²) in [5.41, 5.74) is 2.32. The van der Waals surface area contributed by atoms with Crippen molar-refractivity contribution in [1.82, 2.24) is 15.3 Å². The molecule has 0 aliphatic heterocycles. The van der Waals surface area contributed by atoms with E-state index in [0.29, 0.717) is 6.54 Å². The van der Waals surface area contributed by atoms with Gasteiger partial charge in [-0.2, -0.15) is 0 Å². The van der Waals surface area contributed by atoms with Gasteiger partial charge in [0.1, 0.15) is 0 Å². The number of aromatic nitrogens is 2. The smallest absolute Gasteiger partial charge is 0.355 e. The highest BCUT2D eigenvalue weighted by atomic mass is 32.1. The lowest BCUT2D eigenvalue weighted by Crippen LogP contribution is -2.22. The van der Waals surface area contributed by atoms with Crippen molar-refractivity contribution in [3.63, 3.8) is 0 Å². The number of hydrogen-bond acceptors (Lipinski definition) is 6. The molecule has 1 amide bonds. The van der Waals surface area contributed by atoms with E-state index in [1.165, 1.54) is 16.7 Å². The van der Waals surface area contributed by atoms with E-state index in [2.05, 4.69) is 15.3 Å². The summed E-state index contributed by atoms with van der Waals surface area (Å²) < 4.78 is 0. The first-order valence-electron chi connectivity index (χ1n) is 4.51. The zero-order valence-corrected chi connectivity index (χ0v) is 10.0. The number of rotatable bonds is 4. The minimum atomic E-state index is -1.14. The fourth-order valence-corrected chi connectivity index (χ4v) is 2.31. The van der Waals surface area contributed by atoms with Gasteiger partial charge < -0.3 is 10.4 Å². The van der Waals surface area contributed by atoms with E-state index in [0.717, 1.165) is 17.0 Å². The lowest BCUT2D eigenvalue weighted by Gasteiger charge is -1.98. The quantitative estimate of drug-likeness (QED) is 0.870. The molecular weight excluding hydrogens is 262 g/mol. The van der Waals surface area contributed by atoms with Gasteiger partial charge in [0.2, 0.25) is 0 Å². The summed E-state index contributed by atoms with van der Waals surface area (Å²) in [4.78, 5) is 29.9. The molecule has 2 aromatic rings. The van der Waals surface area contributed by atoms with Crippen LogP contribution >= 0.6 is 22.7 Å². The van der Waals surface area contributed by atoms with Crippen LogP contribution in [0.3, 0.4) is 0 Å². The summed E-state index contributed by atoms with van der Waals surface area (Å²) >= 11 is 2.44. The Morgan fingerprint density at radius 1 is 1.41 bits per heavy atom. The molecule has 2 rings (SSSR count). The van der Waals surface area contributed by atoms with Crippen LogP contribution in [-0.2, 0) is 6.54 Å². The van der Waals surface area contributed by atoms with E-state index in [4.69, 9.17) is 5.11 Å². The number of carboxylic acids is 1. The highest BCUT2D eigenvalue weighted by Gasteiger charge is 2.14. The molecule has 2 N–H and O–H groups in total. The first-order chi connectivity index (χ1) is 8.16. The van der Waals surface area contributed by atoms with Crippen LogP contribution in [0.4, 0.5) is 0 Å². The maximum Gasteiger partial charge on any atom is 0.355 e. The highest BCUT2D eigenvalue weighted by molar-refractivity contribution is 7.11. The molecule has 0 aromatic carbocycles. The second-order valence-electron chi connectivity index (χ2n) is 3.01. The largest absolute Gasteiger partial charge is 0.476 e. The van der Waals surface area contributed by atoms with Crippen LogP contribution in [0.2, 0.25) is 0 Å². The van der Waals surface area contributed by atoms with Crippen molar-refractivity contribution >= 4 is 34.6 Å². The summed E-state index contributed by atoms with van der Waals surface area (Å²) in [6, 6.07) is 0. The summed E-state index contributed by atoms with van der Waals surface area (Å²) in [6.45, 7) is 0.310. The van der Waals surface area contributed by atoms with Crippen molar-refractivity contribution in [2.45, 2.75) is 6.54 Å². The average molecular weight is 269 g/mol. The second kappa shape index (κ2) is 5.02. The number of amides is 1. The Bertz CT molecular complexity index is 535. The molecular formula is C9H7N3O3S2. The molecule has 0 unspecified atom stereocenters. The molecule has 0 spiro atoms. The second-order valence-corrected chi connectivity index (χ2v) is 4.58. The van der Waals surface area contributed by atoms with Crippen LogP contribution in [-0.4, -0.2) is 27.0 Å². The van der Waals surface area contributed by atoms with E-state index in [1.807, 2.05) is 5.38 Å². The maximum atomic E-state index is 11.6. The predicted molar refractivity (Wildman–Crippen MR) is 62.4 cm³/mol. The number of carbonyl (C=O) groups is 2. The lowest BCUT2D eigenvalue weighted by atomic mass is 10.4. The van der Waals surface area contributed by atoms with E-state index in [-0.39, 0.29) is 10.7 Å². The zero-order valence-electron chi connectivity index (χ0n) is 8.41. The van der Waals surface area contributed by atoms with Gasteiger partial charge in [0.25, 0.3) is 5.91 Å². The molecule has 0 aliphatic rings. The minimum Gasteiger partial charge on any atom is -0.476 e. The van der Waals surface area contributed by atoms with Gasteiger partial charge in [0, 0.05) is 10.8 Å². The Balaban J connectivity index is 1.97. The van der Waals surface area contributed by atoms with Crippen LogP contribution in [0.15, 0.2) is 16.3 Å². The van der Waals surface area contributed by atoms with Crippen molar-refractivity contribution in [2.75, 3.05) is 0 Å². The number of carboxylic acid groups (broad SMARTS) is 1. The minimum absolute atomic E-state index is 0.117. The van der Waals surface area contributed by atoms with Crippen molar-refractivity contribution in [1.29, 1.82) is 0 Å². The number of nitrogens with zero attached hydrogens (tertiary/aromatic N) is 2. The van der Waals surface area contributed by atoms with E-state index < -0.39 is 11.9 Å². The molecule has 0 saturated heterocycles. The molecule has 0 bridgehead atoms. The van der Waals surface area contributed by atoms with E-state index in [9.17, 15) is 9.59 Å². The molecule has 8 heteroatoms.